The summed E-state index contributed by atoms with van der Waals surface area (Å²) in [6, 6.07) is 9.33. The second-order valence-corrected chi connectivity index (χ2v) is 7.46. The molecule has 1 fully saturated rings. The quantitative estimate of drug-likeness (QED) is 0.566. The van der Waals surface area contributed by atoms with E-state index in [0.29, 0.717) is 26.3 Å². The number of rotatable bonds is 3. The fourth-order valence-electron chi connectivity index (χ4n) is 1.99. The minimum Gasteiger partial charge on any atom is -0.307 e. The molecule has 2 heterocycles. The van der Waals surface area contributed by atoms with Gasteiger partial charge in [-0.2, -0.15) is 5.01 Å². The second kappa shape index (κ2) is 8.05. The highest BCUT2D eigenvalue weighted by Gasteiger charge is 2.33. The largest absolute Gasteiger partial charge is 0.338 e. The lowest BCUT2D eigenvalue weighted by Gasteiger charge is -2.16. The molecule has 26 heavy (non-hydrogen) atoms. The van der Waals surface area contributed by atoms with Gasteiger partial charge in [0.05, 0.1) is 20.6 Å². The molecule has 1 saturated heterocycles. The Kier molecular flexibility index (Phi) is 5.77. The van der Waals surface area contributed by atoms with Crippen LogP contribution in [0.3, 0.4) is 0 Å². The van der Waals surface area contributed by atoms with Crippen molar-refractivity contribution >= 4 is 75.2 Å². The summed E-state index contributed by atoms with van der Waals surface area (Å²) in [4.78, 5) is 29.1. The van der Waals surface area contributed by atoms with Gasteiger partial charge in [-0.25, -0.2) is 10.2 Å². The zero-order chi connectivity index (χ0) is 18.7. The van der Waals surface area contributed by atoms with Crippen LogP contribution in [0.5, 0.6) is 0 Å². The molecule has 0 spiro atoms. The van der Waals surface area contributed by atoms with Crippen LogP contribution in [0.15, 0.2) is 47.5 Å². The molecule has 10 heteroatoms. The predicted molar refractivity (Wildman–Crippen MR) is 108 cm³/mol. The van der Waals surface area contributed by atoms with E-state index in [1.54, 1.807) is 36.5 Å². The smallest absolute Gasteiger partial charge is 0.307 e. The average Bonchev–Trinajstić information content (AvgIpc) is 2.86. The fourth-order valence-corrected chi connectivity index (χ4v) is 3.46. The molecule has 0 atom stereocenters. The van der Waals surface area contributed by atoms with Crippen LogP contribution in [-0.2, 0) is 4.79 Å². The van der Waals surface area contributed by atoms with E-state index in [4.69, 9.17) is 35.4 Å². The first-order chi connectivity index (χ1) is 12.4. The van der Waals surface area contributed by atoms with Gasteiger partial charge < -0.3 is 5.32 Å². The number of nitrogens with one attached hydrogen (secondary N) is 2. The van der Waals surface area contributed by atoms with Crippen LogP contribution in [0, 0.1) is 0 Å². The first-order valence-electron chi connectivity index (χ1n) is 7.16. The van der Waals surface area contributed by atoms with Crippen molar-refractivity contribution < 1.29 is 9.59 Å². The van der Waals surface area contributed by atoms with Crippen molar-refractivity contribution in [2.75, 3.05) is 5.32 Å². The number of nitrogens with zero attached hydrogens (tertiary/aromatic N) is 2. The van der Waals surface area contributed by atoms with E-state index in [1.807, 2.05) is 6.07 Å². The number of thiocarbonyl (C=S) groups is 1. The highest BCUT2D eigenvalue weighted by atomic mass is 35.5. The summed E-state index contributed by atoms with van der Waals surface area (Å²) < 4.78 is 0.210. The number of hydrazine groups is 1. The zero-order valence-corrected chi connectivity index (χ0v) is 16.0. The number of amides is 3. The van der Waals surface area contributed by atoms with Gasteiger partial charge in [-0.15, -0.1) is 0 Å². The van der Waals surface area contributed by atoms with Crippen LogP contribution in [0.1, 0.15) is 5.69 Å². The van der Waals surface area contributed by atoms with E-state index in [2.05, 4.69) is 15.7 Å². The molecule has 132 valence electrons. The number of benzene rings is 1. The number of thioether (sulfide) groups is 1. The number of urea groups is 1. The molecule has 1 aliphatic rings. The molecule has 2 N–H and O–H groups in total. The zero-order valence-electron chi connectivity index (χ0n) is 12.9. The highest BCUT2D eigenvalue weighted by molar-refractivity contribution is 8.26. The van der Waals surface area contributed by atoms with Gasteiger partial charge in [0, 0.05) is 11.9 Å². The van der Waals surface area contributed by atoms with Crippen molar-refractivity contribution in [3.05, 3.63) is 63.2 Å². The minimum absolute atomic E-state index is 0.210. The Morgan fingerprint density at radius 3 is 2.73 bits per heavy atom. The predicted octanol–water partition coefficient (Wildman–Crippen LogP) is 4.33. The lowest BCUT2D eigenvalue weighted by Crippen LogP contribution is -2.46. The van der Waals surface area contributed by atoms with Crippen LogP contribution >= 0.6 is 47.2 Å². The minimum atomic E-state index is -0.640. The van der Waals surface area contributed by atoms with Crippen molar-refractivity contribution in [1.29, 1.82) is 0 Å². The number of aromatic nitrogens is 1. The van der Waals surface area contributed by atoms with Gasteiger partial charge in [0.25, 0.3) is 5.91 Å². The number of hydrogen-bond donors (Lipinski definition) is 2. The molecule has 1 aromatic carbocycles. The molecule has 0 unspecified atom stereocenters. The summed E-state index contributed by atoms with van der Waals surface area (Å²) in [5.74, 6) is -0.435. The van der Waals surface area contributed by atoms with Crippen LogP contribution < -0.4 is 10.7 Å². The van der Waals surface area contributed by atoms with Crippen molar-refractivity contribution in [2.24, 2.45) is 0 Å². The summed E-state index contributed by atoms with van der Waals surface area (Å²) in [5, 5.41) is 4.23. The fraction of sp³-hybridized carbons (Fsp3) is 0. The summed E-state index contributed by atoms with van der Waals surface area (Å²) in [6.45, 7) is 0. The summed E-state index contributed by atoms with van der Waals surface area (Å²) in [6.07, 6.45) is 3.23. The van der Waals surface area contributed by atoms with Gasteiger partial charge >= 0.3 is 6.03 Å². The first kappa shape index (κ1) is 18.7. The molecule has 1 aromatic heterocycles. The van der Waals surface area contributed by atoms with E-state index in [-0.39, 0.29) is 4.32 Å². The number of halogens is 2. The van der Waals surface area contributed by atoms with Crippen LogP contribution in [0.25, 0.3) is 6.08 Å². The summed E-state index contributed by atoms with van der Waals surface area (Å²) in [7, 11) is 0. The average molecular weight is 425 g/mol. The van der Waals surface area contributed by atoms with Gasteiger partial charge in [-0.05, 0) is 48.6 Å². The molecule has 6 nitrogen and oxygen atoms in total. The number of anilines is 1. The van der Waals surface area contributed by atoms with Crippen molar-refractivity contribution in [3.8, 4) is 0 Å². The van der Waals surface area contributed by atoms with Crippen LogP contribution in [0.2, 0.25) is 10.0 Å². The Bertz CT molecular complexity index is 922. The number of pyridine rings is 1. The molecular weight excluding hydrogens is 415 g/mol. The van der Waals surface area contributed by atoms with Crippen molar-refractivity contribution in [1.82, 2.24) is 15.4 Å². The maximum atomic E-state index is 12.4. The van der Waals surface area contributed by atoms with Gasteiger partial charge in [0.15, 0.2) is 4.32 Å². The van der Waals surface area contributed by atoms with E-state index in [1.165, 1.54) is 6.07 Å². The van der Waals surface area contributed by atoms with Gasteiger partial charge in [0.2, 0.25) is 0 Å². The van der Waals surface area contributed by atoms with Crippen LogP contribution in [0.4, 0.5) is 10.5 Å². The molecule has 3 amide bonds. The molecule has 0 aliphatic carbocycles. The van der Waals surface area contributed by atoms with E-state index in [9.17, 15) is 9.59 Å². The third kappa shape index (κ3) is 4.34. The maximum absolute atomic E-state index is 12.4. The van der Waals surface area contributed by atoms with E-state index in [0.717, 1.165) is 16.8 Å². The number of hydrogen-bond acceptors (Lipinski definition) is 5. The topological polar surface area (TPSA) is 74.3 Å². The van der Waals surface area contributed by atoms with E-state index < -0.39 is 11.9 Å². The van der Waals surface area contributed by atoms with Gasteiger partial charge in [-0.1, -0.05) is 41.0 Å². The lowest BCUT2D eigenvalue weighted by molar-refractivity contribution is -0.123. The van der Waals surface area contributed by atoms with Gasteiger partial charge in [-0.3, -0.25) is 9.78 Å². The third-order valence-electron chi connectivity index (χ3n) is 3.15. The van der Waals surface area contributed by atoms with Gasteiger partial charge in [0.1, 0.15) is 0 Å². The lowest BCUT2D eigenvalue weighted by atomic mass is 10.3. The molecule has 0 bridgehead atoms. The molecule has 3 rings (SSSR count). The molecular formula is C16H10Cl2N4O2S2. The molecule has 0 saturated carbocycles. The number of carbonyl (C=O) groups is 2. The Morgan fingerprint density at radius 1 is 1.23 bits per heavy atom. The van der Waals surface area contributed by atoms with Crippen LogP contribution in [-0.4, -0.2) is 26.3 Å². The molecule has 1 aliphatic heterocycles. The second-order valence-electron chi connectivity index (χ2n) is 4.97. The first-order valence-corrected chi connectivity index (χ1v) is 9.14. The Balaban J connectivity index is 1.68. The van der Waals surface area contributed by atoms with E-state index >= 15 is 0 Å². The highest BCUT2D eigenvalue weighted by Crippen LogP contribution is 2.31. The summed E-state index contributed by atoms with van der Waals surface area (Å²) >= 11 is 18.0. The SMILES string of the molecule is O=C(Nc1ccc(Cl)c(Cl)c1)NN1C(=O)/C(=C/c2ccccn2)SC1=S. The monoisotopic (exact) mass is 424 g/mol. The normalized spacial score (nSPS) is 15.5. The van der Waals surface area contributed by atoms with Crippen molar-refractivity contribution in [3.63, 3.8) is 0 Å². The maximum Gasteiger partial charge on any atom is 0.338 e. The summed E-state index contributed by atoms with van der Waals surface area (Å²) in [5.41, 5.74) is 3.45. The Hall–Kier alpha value is -2.13. The molecule has 0 radical (unpaired) electrons. The molecule has 2 aromatic rings. The Labute approximate surface area is 168 Å². The number of carbonyl (C=O) groups excluding carboxylic acids is 2. The standard InChI is InChI=1S/C16H10Cl2N4O2S2/c17-11-5-4-10(7-12(11)18)20-15(24)21-22-14(23)13(26-16(22)25)8-9-3-1-2-6-19-9/h1-8H,(H2,20,21,24)/b13-8-. The van der Waals surface area contributed by atoms with Crippen molar-refractivity contribution in [2.45, 2.75) is 0 Å². The third-order valence-corrected chi connectivity index (χ3v) is 5.19. The Morgan fingerprint density at radius 2 is 2.04 bits per heavy atom.